The molecule has 0 saturated heterocycles. The lowest BCUT2D eigenvalue weighted by Crippen LogP contribution is -2.29. The summed E-state index contributed by atoms with van der Waals surface area (Å²) in [6.45, 7) is 17.9. The van der Waals surface area contributed by atoms with Crippen molar-refractivity contribution in [2.75, 3.05) is 19.6 Å². The monoisotopic (exact) mass is 1260 g/mol. The molecule has 0 spiro atoms. The maximum atomic E-state index is 13.6. The average Bonchev–Trinajstić information content (AvgIpc) is 3.08. The number of rotatable bonds is 15. The van der Waals surface area contributed by atoms with Gasteiger partial charge in [0.1, 0.15) is 46.5 Å². The van der Waals surface area contributed by atoms with Crippen LogP contribution < -0.4 is 16.0 Å². The molecule has 3 heterocycles. The molecular weight excluding hydrogens is 1190 g/mol. The van der Waals surface area contributed by atoms with Gasteiger partial charge in [0.05, 0.1) is 10.7 Å². The van der Waals surface area contributed by atoms with E-state index in [1.54, 1.807) is 33.0 Å². The quantitative estimate of drug-likeness (QED) is 0.0815. The van der Waals surface area contributed by atoms with Gasteiger partial charge in [-0.05, 0) is 145 Å². The molecule has 3 fully saturated rings. The Balaban J connectivity index is 0.000000183. The number of carbonyl (C=O) groups is 9. The minimum absolute atomic E-state index is 0.0292. The van der Waals surface area contributed by atoms with Gasteiger partial charge in [-0.25, -0.2) is 14.4 Å². The molecule has 3 aromatic heterocycles. The highest BCUT2D eigenvalue weighted by Crippen LogP contribution is 2.42. The predicted molar refractivity (Wildman–Crippen MR) is 325 cm³/mol. The molecule has 85 heavy (non-hydrogen) atoms. The SMILES string of the molecule is Cc1cc(C)c(C2C(=O)CC(CCNC(=O)c3c(Cl)c(C)nn3C)C2=O)c(C)c1.Cc1cc(C)c(C2C(=O)CC(CCNC(=O)c3nc(Cl)sc3C)C2=O)c(C)c1.Cc1cc(Cl)c(C2C(=O)CC(CCNC(=O)c3ncccc3F)C2=O)c(Cl)c1. The first-order valence-electron chi connectivity index (χ1n) is 27.7. The summed E-state index contributed by atoms with van der Waals surface area (Å²) in [6.07, 6.45) is 2.93. The number of Topliss-reactive ketones (excluding diaryl/α,β-unsaturated/α-hetero) is 6. The molecular formula is C63H66Cl4FN7O9S. The highest BCUT2D eigenvalue weighted by molar-refractivity contribution is 7.15. The van der Waals surface area contributed by atoms with Crippen LogP contribution in [0.5, 0.6) is 0 Å². The Morgan fingerprint density at radius 1 is 0.576 bits per heavy atom. The lowest BCUT2D eigenvalue weighted by atomic mass is 9.86. The summed E-state index contributed by atoms with van der Waals surface area (Å²) in [5.74, 6) is -6.36. The smallest absolute Gasteiger partial charge is 0.272 e. The van der Waals surface area contributed by atoms with Crippen LogP contribution in [-0.4, -0.2) is 91.8 Å². The van der Waals surface area contributed by atoms with Crippen molar-refractivity contribution in [2.24, 2.45) is 24.8 Å². The minimum Gasteiger partial charge on any atom is -0.351 e. The van der Waals surface area contributed by atoms with Crippen LogP contribution in [0.15, 0.2) is 54.7 Å². The lowest BCUT2D eigenvalue weighted by molar-refractivity contribution is -0.126. The Morgan fingerprint density at radius 2 is 0.965 bits per heavy atom. The molecule has 3 saturated carbocycles. The number of halogens is 5. The second kappa shape index (κ2) is 28.1. The van der Waals surface area contributed by atoms with Gasteiger partial charge in [-0.3, -0.25) is 47.8 Å². The standard InChI is InChI=1S/C22H26ClN3O3.C21H23ClN2O3S.C20H17Cl2FN2O3/c1-11-8-12(2)17(13(3)9-11)18-16(27)10-15(21(18)28)6-7-24-22(29)20-19(23)14(4)25-26(20)5;1-10-7-11(2)16(12(3)8-10)17-15(25)9-14(19(17)26)5-6-23-20(27)18-13(4)28-21(22)24-18;1-10-7-12(21)16(13(22)8-10)17-15(26)9-11(19(17)27)4-6-25-20(28)18-14(23)3-2-5-24-18/h8-9,15,18H,6-7,10H2,1-5H3,(H,24,29);7-8,14,17H,5-6,9H2,1-4H3,(H,23,27);2-3,5,7-8,11,17H,4,6,9H2,1H3,(H,25,28). The summed E-state index contributed by atoms with van der Waals surface area (Å²) < 4.78 is 15.3. The molecule has 0 radical (unpaired) electrons. The molecule has 6 unspecified atom stereocenters. The molecule has 3 aliphatic rings. The maximum Gasteiger partial charge on any atom is 0.272 e. The number of ketones is 6. The molecule has 3 N–H and O–H groups in total. The molecule has 9 rings (SSSR count). The van der Waals surface area contributed by atoms with E-state index in [1.165, 1.54) is 28.3 Å². The van der Waals surface area contributed by atoms with Crippen LogP contribution in [-0.2, 0) is 35.8 Å². The van der Waals surface area contributed by atoms with Gasteiger partial charge in [-0.15, -0.1) is 11.3 Å². The summed E-state index contributed by atoms with van der Waals surface area (Å²) >= 11 is 25.7. The number of benzene rings is 3. The van der Waals surface area contributed by atoms with Gasteiger partial charge in [-0.1, -0.05) is 81.8 Å². The normalized spacial score (nSPS) is 19.2. The fourth-order valence-corrected chi connectivity index (χ4v) is 13.9. The average molecular weight is 1260 g/mol. The van der Waals surface area contributed by atoms with Gasteiger partial charge < -0.3 is 16.0 Å². The van der Waals surface area contributed by atoms with E-state index in [-0.39, 0.29) is 106 Å². The molecule has 3 aliphatic carbocycles. The number of aryl methyl sites for hydroxylation is 10. The molecule has 3 aromatic carbocycles. The van der Waals surface area contributed by atoms with Crippen molar-refractivity contribution in [3.8, 4) is 0 Å². The third-order valence-electron chi connectivity index (χ3n) is 15.6. The van der Waals surface area contributed by atoms with Gasteiger partial charge in [-0.2, -0.15) is 5.10 Å². The van der Waals surface area contributed by atoms with Crippen molar-refractivity contribution in [3.05, 3.63) is 163 Å². The largest absolute Gasteiger partial charge is 0.351 e. The van der Waals surface area contributed by atoms with Crippen molar-refractivity contribution in [1.29, 1.82) is 0 Å². The summed E-state index contributed by atoms with van der Waals surface area (Å²) in [6, 6.07) is 13.9. The van der Waals surface area contributed by atoms with Crippen molar-refractivity contribution in [3.63, 3.8) is 0 Å². The topological polar surface area (TPSA) is 233 Å². The fourth-order valence-electron chi connectivity index (χ4n) is 11.8. The Kier molecular flexibility index (Phi) is 21.7. The number of nitrogens with one attached hydrogen (secondary N) is 3. The number of thiazole rings is 1. The zero-order valence-corrected chi connectivity index (χ0v) is 52.6. The molecule has 6 aromatic rings. The van der Waals surface area contributed by atoms with Crippen molar-refractivity contribution in [1.82, 2.24) is 35.7 Å². The van der Waals surface area contributed by atoms with Crippen molar-refractivity contribution in [2.45, 2.75) is 119 Å². The van der Waals surface area contributed by atoms with E-state index in [0.717, 1.165) is 61.0 Å². The summed E-state index contributed by atoms with van der Waals surface area (Å²) in [7, 11) is 1.66. The maximum absolute atomic E-state index is 13.6. The first kappa shape index (κ1) is 65.7. The molecule has 6 atom stereocenters. The van der Waals surface area contributed by atoms with Crippen LogP contribution in [0, 0.1) is 85.9 Å². The number of carbonyl (C=O) groups excluding carboxylic acids is 9. The van der Waals surface area contributed by atoms with Crippen molar-refractivity contribution >= 4 is 110 Å². The van der Waals surface area contributed by atoms with E-state index >= 15 is 0 Å². The third kappa shape index (κ3) is 15.1. The van der Waals surface area contributed by atoms with E-state index < -0.39 is 35.4 Å². The third-order valence-corrected chi connectivity index (χ3v) is 17.7. The second-order valence-corrected chi connectivity index (χ2v) is 25.1. The van der Waals surface area contributed by atoms with E-state index in [4.69, 9.17) is 46.4 Å². The Bertz CT molecular complexity index is 3620. The Morgan fingerprint density at radius 3 is 1.34 bits per heavy atom. The number of hydrogen-bond acceptors (Lipinski definition) is 13. The zero-order chi connectivity index (χ0) is 62.5. The van der Waals surface area contributed by atoms with E-state index in [2.05, 4.69) is 31.0 Å². The Hall–Kier alpha value is -6.83. The molecule has 448 valence electrons. The highest BCUT2D eigenvalue weighted by atomic mass is 35.5. The van der Waals surface area contributed by atoms with Gasteiger partial charge in [0.25, 0.3) is 17.7 Å². The molecule has 3 amide bonds. The number of hydrogen-bond donors (Lipinski definition) is 3. The molecule has 0 bridgehead atoms. The summed E-state index contributed by atoms with van der Waals surface area (Å²) in [5, 5.41) is 13.1. The molecule has 22 heteroatoms. The second-order valence-electron chi connectivity index (χ2n) is 22.1. The summed E-state index contributed by atoms with van der Waals surface area (Å²) in [5.41, 5.74) is 9.89. The summed E-state index contributed by atoms with van der Waals surface area (Å²) in [4.78, 5) is 122. The molecule has 0 aliphatic heterocycles. The van der Waals surface area contributed by atoms with E-state index in [9.17, 15) is 47.5 Å². The first-order chi connectivity index (χ1) is 40.1. The van der Waals surface area contributed by atoms with E-state index in [1.807, 2.05) is 72.7 Å². The van der Waals surface area contributed by atoms with Crippen LogP contribution in [0.2, 0.25) is 19.5 Å². The van der Waals surface area contributed by atoms with Crippen LogP contribution in [0.25, 0.3) is 0 Å². The van der Waals surface area contributed by atoms with Gasteiger partial charge in [0.15, 0.2) is 33.3 Å². The molecule has 16 nitrogen and oxygen atoms in total. The number of pyridine rings is 1. The number of amides is 3. The van der Waals surface area contributed by atoms with Crippen LogP contribution >= 0.6 is 57.7 Å². The highest BCUT2D eigenvalue weighted by Gasteiger charge is 2.45. The van der Waals surface area contributed by atoms with E-state index in [0.29, 0.717) is 58.1 Å². The predicted octanol–water partition coefficient (Wildman–Crippen LogP) is 11.4. The van der Waals surface area contributed by atoms with Gasteiger partial charge in [0, 0.05) is 90.4 Å². The van der Waals surface area contributed by atoms with Crippen LogP contribution in [0.1, 0.15) is 154 Å². The fraction of sp³-hybridized carbons (Fsp3) is 0.397. The van der Waals surface area contributed by atoms with Gasteiger partial charge in [0.2, 0.25) is 0 Å². The van der Waals surface area contributed by atoms with Crippen LogP contribution in [0.3, 0.4) is 0 Å². The van der Waals surface area contributed by atoms with Crippen molar-refractivity contribution < 1.29 is 47.5 Å². The zero-order valence-electron chi connectivity index (χ0n) is 48.8. The van der Waals surface area contributed by atoms with Crippen LogP contribution in [0.4, 0.5) is 4.39 Å². The minimum atomic E-state index is -0.991. The number of nitrogens with zero attached hydrogens (tertiary/aromatic N) is 4. The first-order valence-corrected chi connectivity index (χ1v) is 30.0. The lowest BCUT2D eigenvalue weighted by Gasteiger charge is -2.16. The van der Waals surface area contributed by atoms with Gasteiger partial charge >= 0.3 is 0 Å². The number of aromatic nitrogens is 4. The Labute approximate surface area is 516 Å².